The number of carbonyl (C=O) groups is 1. The molecule has 0 saturated carbocycles. The average molecular weight is 300 g/mol. The predicted molar refractivity (Wildman–Crippen MR) is 55.1 cm³/mol. The molecule has 5 nitrogen and oxygen atoms in total. The van der Waals surface area contributed by atoms with E-state index < -0.39 is 42.3 Å². The van der Waals surface area contributed by atoms with Crippen molar-refractivity contribution in [1.29, 1.82) is 0 Å². The summed E-state index contributed by atoms with van der Waals surface area (Å²) in [5.41, 5.74) is 3.17. The fourth-order valence-electron chi connectivity index (χ4n) is 1.35. The number of ether oxygens (including phenoxy) is 2. The normalized spacial score (nSPS) is 11.6. The summed E-state index contributed by atoms with van der Waals surface area (Å²) in [5.74, 6) is -2.34. The van der Waals surface area contributed by atoms with Gasteiger partial charge in [0.05, 0.1) is 18.4 Å². The Kier molecular flexibility index (Phi) is 4.82. The molecular formula is C10H9F5N2O3. The Morgan fingerprint density at radius 1 is 1.45 bits per heavy atom. The Hall–Kier alpha value is -1.97. The molecule has 0 saturated heterocycles. The van der Waals surface area contributed by atoms with Crippen molar-refractivity contribution in [3.63, 3.8) is 0 Å². The second kappa shape index (κ2) is 5.99. The van der Waals surface area contributed by atoms with Crippen LogP contribution in [0.2, 0.25) is 0 Å². The molecule has 0 aliphatic heterocycles. The first-order valence-electron chi connectivity index (χ1n) is 5.05. The molecule has 1 aromatic heterocycles. The van der Waals surface area contributed by atoms with Gasteiger partial charge in [0.15, 0.2) is 5.75 Å². The zero-order chi connectivity index (χ0) is 15.5. The smallest absolute Gasteiger partial charge is 0.465 e. The van der Waals surface area contributed by atoms with Gasteiger partial charge in [-0.15, -0.1) is 13.2 Å². The third-order valence-electron chi connectivity index (χ3n) is 2.13. The van der Waals surface area contributed by atoms with Gasteiger partial charge >= 0.3 is 12.3 Å². The Morgan fingerprint density at radius 2 is 2.05 bits per heavy atom. The third kappa shape index (κ3) is 3.76. The molecule has 112 valence electrons. The van der Waals surface area contributed by atoms with Crippen LogP contribution in [0.1, 0.15) is 28.2 Å². The van der Waals surface area contributed by atoms with Crippen LogP contribution in [0.3, 0.4) is 0 Å². The van der Waals surface area contributed by atoms with E-state index in [4.69, 9.17) is 5.73 Å². The van der Waals surface area contributed by atoms with Crippen LogP contribution in [-0.2, 0) is 11.3 Å². The number of pyridine rings is 1. The lowest BCUT2D eigenvalue weighted by molar-refractivity contribution is -0.275. The van der Waals surface area contributed by atoms with E-state index in [1.165, 1.54) is 0 Å². The number of halogens is 5. The van der Waals surface area contributed by atoms with Crippen LogP contribution >= 0.6 is 0 Å². The first-order valence-corrected chi connectivity index (χ1v) is 5.05. The maximum atomic E-state index is 12.7. The molecule has 0 aliphatic rings. The molecule has 20 heavy (non-hydrogen) atoms. The molecule has 0 atom stereocenters. The summed E-state index contributed by atoms with van der Waals surface area (Å²) >= 11 is 0. The predicted octanol–water partition coefficient (Wildman–Crippen LogP) is 2.16. The van der Waals surface area contributed by atoms with Gasteiger partial charge in [-0.2, -0.15) is 0 Å². The molecule has 0 spiro atoms. The molecule has 1 rings (SSSR count). The van der Waals surface area contributed by atoms with Gasteiger partial charge in [0.25, 0.3) is 6.43 Å². The van der Waals surface area contributed by atoms with Crippen molar-refractivity contribution in [2.45, 2.75) is 19.3 Å². The van der Waals surface area contributed by atoms with Crippen LogP contribution in [0.5, 0.6) is 5.75 Å². The summed E-state index contributed by atoms with van der Waals surface area (Å²) in [6.45, 7) is -0.434. The number of carbonyl (C=O) groups excluding carboxylic acids is 1. The lowest BCUT2D eigenvalue weighted by atomic mass is 10.1. The molecule has 0 bridgehead atoms. The summed E-state index contributed by atoms with van der Waals surface area (Å²) < 4.78 is 69.5. The van der Waals surface area contributed by atoms with Crippen molar-refractivity contribution in [3.8, 4) is 5.75 Å². The number of nitrogens with two attached hydrogens (primary N) is 1. The zero-order valence-corrected chi connectivity index (χ0v) is 10.0. The van der Waals surface area contributed by atoms with E-state index in [2.05, 4.69) is 14.5 Å². The minimum Gasteiger partial charge on any atom is -0.465 e. The SMILES string of the molecule is COC(=O)c1cc(OC(F)(F)F)c(C(F)F)nc1CN. The van der Waals surface area contributed by atoms with E-state index >= 15 is 0 Å². The van der Waals surface area contributed by atoms with Gasteiger partial charge < -0.3 is 15.2 Å². The number of nitrogens with zero attached hydrogens (tertiary/aromatic N) is 1. The summed E-state index contributed by atoms with van der Waals surface area (Å²) in [6, 6.07) is 0.482. The second-order valence-electron chi connectivity index (χ2n) is 3.41. The van der Waals surface area contributed by atoms with E-state index in [1.54, 1.807) is 0 Å². The standard InChI is InChI=1S/C10H9F5N2O3/c1-19-9(18)4-2-6(20-10(13,14)15)7(8(11)12)17-5(4)3-16/h2,8H,3,16H2,1H3. The van der Waals surface area contributed by atoms with Gasteiger partial charge in [0, 0.05) is 6.54 Å². The van der Waals surface area contributed by atoms with E-state index in [9.17, 15) is 26.7 Å². The highest BCUT2D eigenvalue weighted by atomic mass is 19.4. The fraction of sp³-hybridized carbons (Fsp3) is 0.400. The number of rotatable bonds is 4. The molecule has 1 heterocycles. The molecule has 0 amide bonds. The van der Waals surface area contributed by atoms with Gasteiger partial charge in [0.1, 0.15) is 5.69 Å². The monoisotopic (exact) mass is 300 g/mol. The molecule has 0 unspecified atom stereocenters. The molecule has 0 aromatic carbocycles. The summed E-state index contributed by atoms with van der Waals surface area (Å²) in [7, 11) is 0.966. The van der Waals surface area contributed by atoms with Crippen molar-refractivity contribution >= 4 is 5.97 Å². The molecule has 0 fully saturated rings. The molecule has 1 aromatic rings. The number of esters is 1. The fourth-order valence-corrected chi connectivity index (χ4v) is 1.35. The van der Waals surface area contributed by atoms with E-state index in [0.717, 1.165) is 7.11 Å². The lowest BCUT2D eigenvalue weighted by Crippen LogP contribution is -2.21. The Balaban J connectivity index is 3.42. The van der Waals surface area contributed by atoms with Gasteiger partial charge in [-0.05, 0) is 6.07 Å². The van der Waals surface area contributed by atoms with Gasteiger partial charge in [0.2, 0.25) is 0 Å². The average Bonchev–Trinajstić information content (AvgIpc) is 2.35. The minimum absolute atomic E-state index is 0.318. The largest absolute Gasteiger partial charge is 0.573 e. The van der Waals surface area contributed by atoms with Crippen LogP contribution in [0.15, 0.2) is 6.07 Å². The van der Waals surface area contributed by atoms with Crippen LogP contribution in [0.4, 0.5) is 22.0 Å². The first-order chi connectivity index (χ1) is 9.19. The van der Waals surface area contributed by atoms with Crippen molar-refractivity contribution in [2.75, 3.05) is 7.11 Å². The number of methoxy groups -OCH3 is 1. The maximum absolute atomic E-state index is 12.7. The van der Waals surface area contributed by atoms with Crippen molar-refractivity contribution in [3.05, 3.63) is 23.0 Å². The number of hydrogen-bond acceptors (Lipinski definition) is 5. The molecule has 10 heteroatoms. The van der Waals surface area contributed by atoms with Gasteiger partial charge in [-0.25, -0.2) is 18.6 Å². The summed E-state index contributed by atoms with van der Waals surface area (Å²) in [6.07, 6.45) is -8.53. The van der Waals surface area contributed by atoms with Crippen LogP contribution in [0.25, 0.3) is 0 Å². The number of hydrogen-bond donors (Lipinski definition) is 1. The van der Waals surface area contributed by atoms with Gasteiger partial charge in [-0.3, -0.25) is 0 Å². The topological polar surface area (TPSA) is 74.4 Å². The summed E-state index contributed by atoms with van der Waals surface area (Å²) in [5, 5.41) is 0. The van der Waals surface area contributed by atoms with Crippen molar-refractivity contribution in [2.24, 2.45) is 5.73 Å². The highest BCUT2D eigenvalue weighted by Crippen LogP contribution is 2.33. The van der Waals surface area contributed by atoms with E-state index in [1.807, 2.05) is 0 Å². The van der Waals surface area contributed by atoms with Crippen molar-refractivity contribution in [1.82, 2.24) is 4.98 Å². The van der Waals surface area contributed by atoms with Crippen molar-refractivity contribution < 1.29 is 36.2 Å². The second-order valence-corrected chi connectivity index (χ2v) is 3.41. The zero-order valence-electron chi connectivity index (χ0n) is 10.0. The Morgan fingerprint density at radius 3 is 2.45 bits per heavy atom. The van der Waals surface area contributed by atoms with Crippen LogP contribution in [0, 0.1) is 0 Å². The van der Waals surface area contributed by atoms with Gasteiger partial charge in [-0.1, -0.05) is 0 Å². The summed E-state index contributed by atoms with van der Waals surface area (Å²) in [4.78, 5) is 14.6. The molecular weight excluding hydrogens is 291 g/mol. The van der Waals surface area contributed by atoms with Crippen LogP contribution < -0.4 is 10.5 Å². The maximum Gasteiger partial charge on any atom is 0.573 e. The molecule has 0 aliphatic carbocycles. The first kappa shape index (κ1) is 16.1. The van der Waals surface area contributed by atoms with Crippen LogP contribution in [-0.4, -0.2) is 24.4 Å². The van der Waals surface area contributed by atoms with E-state index in [-0.39, 0.29) is 5.69 Å². The number of alkyl halides is 5. The molecule has 0 radical (unpaired) electrons. The van der Waals surface area contributed by atoms with E-state index in [0.29, 0.717) is 6.07 Å². The Bertz CT molecular complexity index is 504. The quantitative estimate of drug-likeness (QED) is 0.681. The lowest BCUT2D eigenvalue weighted by Gasteiger charge is -2.15. The highest BCUT2D eigenvalue weighted by molar-refractivity contribution is 5.91. The Labute approximate surface area is 109 Å². The third-order valence-corrected chi connectivity index (χ3v) is 2.13. The number of aromatic nitrogens is 1. The minimum atomic E-state index is -5.21. The highest BCUT2D eigenvalue weighted by Gasteiger charge is 2.35. The molecule has 2 N–H and O–H groups in total.